The maximum absolute atomic E-state index is 12.6. The minimum atomic E-state index is -4.58. The van der Waals surface area contributed by atoms with Gasteiger partial charge in [-0.2, -0.15) is 13.2 Å². The summed E-state index contributed by atoms with van der Waals surface area (Å²) in [5.41, 5.74) is 1.23. The van der Waals surface area contributed by atoms with Crippen molar-refractivity contribution in [3.63, 3.8) is 0 Å². The van der Waals surface area contributed by atoms with Gasteiger partial charge >= 0.3 is 12.2 Å². The van der Waals surface area contributed by atoms with E-state index in [2.05, 4.69) is 29.2 Å². The molecule has 29 heavy (non-hydrogen) atoms. The summed E-state index contributed by atoms with van der Waals surface area (Å²) in [6.07, 6.45) is -3.30. The van der Waals surface area contributed by atoms with Crippen molar-refractivity contribution in [1.82, 2.24) is 14.7 Å². The van der Waals surface area contributed by atoms with Crippen LogP contribution in [-0.2, 0) is 11.3 Å². The molecule has 0 N–H and O–H groups in total. The number of urea groups is 1. The highest BCUT2D eigenvalue weighted by molar-refractivity contribution is 6.02. The molecule has 0 saturated carbocycles. The standard InChI is InChI=1S/C21H22F3N3O2/c22-21(23,24)14-27-19(28)13-26(20(27)29)17-8-10-25(11-9-17)12-16-6-3-5-15-4-1-2-7-18(15)16/h1-7,17H,8-14H2. The van der Waals surface area contributed by atoms with Crippen molar-refractivity contribution in [2.45, 2.75) is 31.6 Å². The highest BCUT2D eigenvalue weighted by Gasteiger charge is 2.45. The summed E-state index contributed by atoms with van der Waals surface area (Å²) in [5, 5.41) is 2.39. The lowest BCUT2D eigenvalue weighted by Crippen LogP contribution is -2.47. The molecule has 0 aliphatic carbocycles. The Kier molecular flexibility index (Phi) is 5.21. The number of fused-ring (bicyclic) bond motifs is 1. The van der Waals surface area contributed by atoms with Gasteiger partial charge in [0.05, 0.1) is 0 Å². The summed E-state index contributed by atoms with van der Waals surface area (Å²) in [6.45, 7) is 0.460. The number of imide groups is 1. The second kappa shape index (κ2) is 7.67. The average molecular weight is 405 g/mol. The van der Waals surface area contributed by atoms with Crippen LogP contribution >= 0.6 is 0 Å². The molecule has 2 aliphatic heterocycles. The zero-order valence-corrected chi connectivity index (χ0v) is 15.9. The van der Waals surface area contributed by atoms with Crippen molar-refractivity contribution < 1.29 is 22.8 Å². The maximum atomic E-state index is 12.6. The molecule has 8 heteroatoms. The summed E-state index contributed by atoms with van der Waals surface area (Å²) in [6, 6.07) is 13.4. The first-order valence-electron chi connectivity index (χ1n) is 9.68. The first-order valence-corrected chi connectivity index (χ1v) is 9.68. The summed E-state index contributed by atoms with van der Waals surface area (Å²) < 4.78 is 37.9. The van der Waals surface area contributed by atoms with Gasteiger partial charge in [0.25, 0.3) is 5.91 Å². The van der Waals surface area contributed by atoms with Crippen molar-refractivity contribution in [2.24, 2.45) is 0 Å². The van der Waals surface area contributed by atoms with Crippen LogP contribution in [-0.4, -0.2) is 65.0 Å². The summed E-state index contributed by atoms with van der Waals surface area (Å²) in [4.78, 5) is 28.1. The fraction of sp³-hybridized carbons (Fsp3) is 0.429. The monoisotopic (exact) mass is 405 g/mol. The van der Waals surface area contributed by atoms with Crippen molar-refractivity contribution in [1.29, 1.82) is 0 Å². The van der Waals surface area contributed by atoms with Gasteiger partial charge in [0.15, 0.2) is 0 Å². The van der Waals surface area contributed by atoms with Crippen LogP contribution in [0.15, 0.2) is 42.5 Å². The van der Waals surface area contributed by atoms with Gasteiger partial charge in [0.2, 0.25) is 0 Å². The number of carbonyl (C=O) groups is 2. The maximum Gasteiger partial charge on any atom is 0.406 e. The van der Waals surface area contributed by atoms with Crippen LogP contribution in [0.25, 0.3) is 10.8 Å². The second-order valence-electron chi connectivity index (χ2n) is 7.65. The van der Waals surface area contributed by atoms with E-state index in [1.54, 1.807) is 0 Å². The third kappa shape index (κ3) is 4.22. The third-order valence-electron chi connectivity index (χ3n) is 5.69. The molecular weight excluding hydrogens is 383 g/mol. The Bertz CT molecular complexity index is 918. The number of hydrogen-bond acceptors (Lipinski definition) is 3. The van der Waals surface area contributed by atoms with E-state index in [9.17, 15) is 22.8 Å². The lowest BCUT2D eigenvalue weighted by molar-refractivity contribution is -0.151. The molecule has 2 aromatic rings. The van der Waals surface area contributed by atoms with E-state index in [4.69, 9.17) is 0 Å². The molecule has 0 unspecified atom stereocenters. The molecule has 0 spiro atoms. The number of rotatable bonds is 4. The molecular formula is C21H22F3N3O2. The predicted molar refractivity (Wildman–Crippen MR) is 102 cm³/mol. The topological polar surface area (TPSA) is 43.9 Å². The number of halogens is 3. The van der Waals surface area contributed by atoms with Gasteiger partial charge < -0.3 is 4.90 Å². The molecule has 2 aliphatic rings. The van der Waals surface area contributed by atoms with Gasteiger partial charge in [0, 0.05) is 25.7 Å². The van der Waals surface area contributed by atoms with Crippen LogP contribution < -0.4 is 0 Å². The number of piperidine rings is 1. The molecule has 0 aromatic heterocycles. The van der Waals surface area contributed by atoms with E-state index in [1.165, 1.54) is 21.2 Å². The van der Waals surface area contributed by atoms with Crippen LogP contribution in [0.2, 0.25) is 0 Å². The first-order chi connectivity index (χ1) is 13.8. The quantitative estimate of drug-likeness (QED) is 0.730. The molecule has 2 fully saturated rings. The number of hydrogen-bond donors (Lipinski definition) is 0. The lowest BCUT2D eigenvalue weighted by Gasteiger charge is -2.36. The molecule has 3 amide bonds. The lowest BCUT2D eigenvalue weighted by atomic mass is 10.0. The second-order valence-corrected chi connectivity index (χ2v) is 7.65. The Balaban J connectivity index is 1.37. The third-order valence-corrected chi connectivity index (χ3v) is 5.69. The van der Waals surface area contributed by atoms with Crippen molar-refractivity contribution >= 4 is 22.7 Å². The van der Waals surface area contributed by atoms with Crippen LogP contribution in [0, 0.1) is 0 Å². The Morgan fingerprint density at radius 2 is 1.66 bits per heavy atom. The van der Waals surface area contributed by atoms with Gasteiger partial charge in [-0.05, 0) is 29.2 Å². The number of alkyl halides is 3. The van der Waals surface area contributed by atoms with Gasteiger partial charge in [0.1, 0.15) is 13.1 Å². The van der Waals surface area contributed by atoms with E-state index in [-0.39, 0.29) is 12.6 Å². The fourth-order valence-electron chi connectivity index (χ4n) is 4.24. The van der Waals surface area contributed by atoms with Gasteiger partial charge in [-0.25, -0.2) is 4.79 Å². The molecule has 2 aromatic carbocycles. The van der Waals surface area contributed by atoms with Crippen LogP contribution in [0.4, 0.5) is 18.0 Å². The number of amides is 3. The average Bonchev–Trinajstić information content (AvgIpc) is 2.96. The molecule has 2 saturated heterocycles. The molecule has 0 radical (unpaired) electrons. The summed E-state index contributed by atoms with van der Waals surface area (Å²) in [7, 11) is 0. The molecule has 2 heterocycles. The highest BCUT2D eigenvalue weighted by atomic mass is 19.4. The molecule has 0 bridgehead atoms. The van der Waals surface area contributed by atoms with Gasteiger partial charge in [-0.15, -0.1) is 0 Å². The van der Waals surface area contributed by atoms with Crippen molar-refractivity contribution in [3.8, 4) is 0 Å². The number of carbonyl (C=O) groups excluding carboxylic acids is 2. The number of likely N-dealkylation sites (tertiary alicyclic amines) is 1. The van der Waals surface area contributed by atoms with Gasteiger partial charge in [-0.3, -0.25) is 14.6 Å². The van der Waals surface area contributed by atoms with Crippen LogP contribution in [0.5, 0.6) is 0 Å². The largest absolute Gasteiger partial charge is 0.406 e. The normalized spacial score (nSPS) is 19.6. The number of benzene rings is 2. The van der Waals surface area contributed by atoms with E-state index < -0.39 is 24.7 Å². The van der Waals surface area contributed by atoms with Crippen molar-refractivity contribution in [2.75, 3.05) is 26.2 Å². The minimum Gasteiger partial charge on any atom is -0.312 e. The Labute approximate surface area is 166 Å². The smallest absolute Gasteiger partial charge is 0.312 e. The Morgan fingerprint density at radius 3 is 2.38 bits per heavy atom. The SMILES string of the molecule is O=C1CN(C2CCN(Cc3cccc4ccccc34)CC2)C(=O)N1CC(F)(F)F. The van der Waals surface area contributed by atoms with E-state index in [0.717, 1.165) is 19.6 Å². The zero-order valence-electron chi connectivity index (χ0n) is 15.9. The van der Waals surface area contributed by atoms with E-state index in [1.807, 2.05) is 18.2 Å². The minimum absolute atomic E-state index is 0.201. The number of nitrogens with zero attached hydrogens (tertiary/aromatic N) is 3. The summed E-state index contributed by atoms with van der Waals surface area (Å²) in [5.74, 6) is -0.773. The fourth-order valence-corrected chi connectivity index (χ4v) is 4.24. The van der Waals surface area contributed by atoms with Crippen LogP contribution in [0.3, 0.4) is 0 Å². The predicted octanol–water partition coefficient (Wildman–Crippen LogP) is 3.63. The molecule has 4 rings (SSSR count). The Morgan fingerprint density at radius 1 is 0.966 bits per heavy atom. The van der Waals surface area contributed by atoms with E-state index >= 15 is 0 Å². The highest BCUT2D eigenvalue weighted by Crippen LogP contribution is 2.27. The molecule has 154 valence electrons. The van der Waals surface area contributed by atoms with Crippen molar-refractivity contribution in [3.05, 3.63) is 48.0 Å². The first kappa shape index (κ1) is 19.7. The van der Waals surface area contributed by atoms with Gasteiger partial charge in [-0.1, -0.05) is 42.5 Å². The van der Waals surface area contributed by atoms with E-state index in [0.29, 0.717) is 17.7 Å². The Hall–Kier alpha value is -2.61. The van der Waals surface area contributed by atoms with Crippen LogP contribution in [0.1, 0.15) is 18.4 Å². The molecule has 0 atom stereocenters. The zero-order chi connectivity index (χ0) is 20.6. The summed E-state index contributed by atoms with van der Waals surface area (Å²) >= 11 is 0. The molecule has 5 nitrogen and oxygen atoms in total.